The van der Waals surface area contributed by atoms with Crippen molar-refractivity contribution >= 4 is 48.1 Å². The maximum Gasteiger partial charge on any atom is 0.327 e. The highest BCUT2D eigenvalue weighted by Crippen LogP contribution is 2.12. The first kappa shape index (κ1) is 31.0. The van der Waals surface area contributed by atoms with Gasteiger partial charge in [-0.05, 0) is 48.1 Å². The van der Waals surface area contributed by atoms with Gasteiger partial charge in [0.25, 0.3) is 0 Å². The Kier molecular flexibility index (Phi) is 13.0. The fraction of sp³-hybridized carbons (Fsp3) is 0.385. The summed E-state index contributed by atoms with van der Waals surface area (Å²) in [4.78, 5) is 50.5. The van der Waals surface area contributed by atoms with Gasteiger partial charge in [0, 0.05) is 12.2 Å². The summed E-state index contributed by atoms with van der Waals surface area (Å²) < 4.78 is 0. The maximum atomic E-state index is 13.3. The second-order valence-electron chi connectivity index (χ2n) is 8.65. The molecule has 38 heavy (non-hydrogen) atoms. The number of hydrogen-bond acceptors (Lipinski definition) is 8. The number of nitrogens with one attached hydrogen (secondary N) is 3. The highest BCUT2D eigenvalue weighted by atomic mass is 32.2. The van der Waals surface area contributed by atoms with Gasteiger partial charge in [0.2, 0.25) is 17.7 Å². The van der Waals surface area contributed by atoms with Gasteiger partial charge in [-0.2, -0.15) is 24.4 Å². The summed E-state index contributed by atoms with van der Waals surface area (Å²) in [6, 6.07) is 11.1. The van der Waals surface area contributed by atoms with Crippen LogP contribution < -0.4 is 21.7 Å². The molecule has 2 aromatic carbocycles. The molecule has 4 atom stereocenters. The van der Waals surface area contributed by atoms with Crippen molar-refractivity contribution in [3.05, 3.63) is 65.7 Å². The van der Waals surface area contributed by atoms with E-state index >= 15 is 0 Å². The molecule has 0 aliphatic heterocycles. The molecule has 0 saturated carbocycles. The first-order valence-corrected chi connectivity index (χ1v) is 14.0. The molecule has 2 aromatic rings. The Labute approximate surface area is 231 Å². The standard InChI is InChI=1S/C26H34N4O6S2/c1-38-12-11-20(28-23(32)19(27)13-16-5-3-2-4-6-16)24(33)29-21(14-17-7-9-18(31)10-8-17)25(34)30-22(15-37)26(35)36/h2-10,19-22,31,37H,11-15,27H2,1H3,(H,28,32)(H,29,33)(H,30,34)(H,35,36). The summed E-state index contributed by atoms with van der Waals surface area (Å²) in [7, 11) is 0. The number of nitrogens with two attached hydrogens (primary N) is 1. The van der Waals surface area contributed by atoms with E-state index in [-0.39, 0.29) is 24.3 Å². The molecule has 206 valence electrons. The summed E-state index contributed by atoms with van der Waals surface area (Å²) in [6.45, 7) is 0. The summed E-state index contributed by atoms with van der Waals surface area (Å²) in [5.41, 5.74) is 7.59. The molecule has 0 radical (unpaired) electrons. The van der Waals surface area contributed by atoms with E-state index in [9.17, 15) is 29.4 Å². The van der Waals surface area contributed by atoms with E-state index in [0.29, 0.717) is 17.7 Å². The van der Waals surface area contributed by atoms with Crippen LogP contribution in [0.1, 0.15) is 17.5 Å². The second-order valence-corrected chi connectivity index (χ2v) is 10.0. The topological polar surface area (TPSA) is 171 Å². The number of rotatable bonds is 15. The minimum absolute atomic E-state index is 0.0213. The third kappa shape index (κ3) is 10.3. The average Bonchev–Trinajstić information content (AvgIpc) is 2.90. The Morgan fingerprint density at radius 3 is 1.97 bits per heavy atom. The van der Waals surface area contributed by atoms with E-state index in [1.54, 1.807) is 12.1 Å². The van der Waals surface area contributed by atoms with Crippen LogP contribution in [-0.2, 0) is 32.0 Å². The number of carboxylic acids is 1. The van der Waals surface area contributed by atoms with E-state index in [1.807, 2.05) is 36.6 Å². The van der Waals surface area contributed by atoms with Crippen LogP contribution in [0.4, 0.5) is 0 Å². The number of phenols is 1. The first-order valence-electron chi connectivity index (χ1n) is 12.0. The predicted octanol–water partition coefficient (Wildman–Crippen LogP) is 0.727. The molecule has 0 heterocycles. The Morgan fingerprint density at radius 1 is 0.842 bits per heavy atom. The Hall–Kier alpha value is -3.22. The normalized spacial score (nSPS) is 14.0. The smallest absolute Gasteiger partial charge is 0.327 e. The summed E-state index contributed by atoms with van der Waals surface area (Å²) >= 11 is 5.46. The number of thioether (sulfide) groups is 1. The molecule has 0 aliphatic rings. The lowest BCUT2D eigenvalue weighted by Gasteiger charge is -2.25. The lowest BCUT2D eigenvalue weighted by atomic mass is 10.0. The fourth-order valence-corrected chi connectivity index (χ4v) is 4.27. The molecule has 0 bridgehead atoms. The quantitative estimate of drug-likeness (QED) is 0.156. The van der Waals surface area contributed by atoms with Gasteiger partial charge in [0.15, 0.2) is 0 Å². The monoisotopic (exact) mass is 562 g/mol. The van der Waals surface area contributed by atoms with Crippen LogP contribution in [0.2, 0.25) is 0 Å². The number of carboxylic acid groups (broad SMARTS) is 1. The summed E-state index contributed by atoms with van der Waals surface area (Å²) in [5, 5.41) is 26.6. The van der Waals surface area contributed by atoms with Gasteiger partial charge in [0.1, 0.15) is 23.9 Å². The zero-order valence-corrected chi connectivity index (χ0v) is 22.7. The Balaban J connectivity index is 2.18. The van der Waals surface area contributed by atoms with Crippen molar-refractivity contribution in [3.8, 4) is 5.75 Å². The van der Waals surface area contributed by atoms with Crippen molar-refractivity contribution in [2.45, 2.75) is 43.4 Å². The summed E-state index contributed by atoms with van der Waals surface area (Å²) in [6.07, 6.45) is 2.46. The average molecular weight is 563 g/mol. The number of aromatic hydroxyl groups is 1. The van der Waals surface area contributed by atoms with Crippen LogP contribution in [0.3, 0.4) is 0 Å². The molecule has 0 spiro atoms. The van der Waals surface area contributed by atoms with Crippen molar-refractivity contribution < 1.29 is 29.4 Å². The predicted molar refractivity (Wildman–Crippen MR) is 150 cm³/mol. The number of phenolic OH excluding ortho intramolecular Hbond substituents is 1. The zero-order chi connectivity index (χ0) is 28.1. The summed E-state index contributed by atoms with van der Waals surface area (Å²) in [5.74, 6) is -2.64. The molecular weight excluding hydrogens is 528 g/mol. The number of carbonyl (C=O) groups excluding carboxylic acids is 3. The van der Waals surface area contributed by atoms with Gasteiger partial charge in [0.05, 0.1) is 6.04 Å². The third-order valence-electron chi connectivity index (χ3n) is 5.69. The molecule has 0 fully saturated rings. The highest BCUT2D eigenvalue weighted by molar-refractivity contribution is 7.98. The number of carbonyl (C=O) groups is 4. The SMILES string of the molecule is CSCCC(NC(=O)C(N)Cc1ccccc1)C(=O)NC(Cc1ccc(O)cc1)C(=O)NC(CS)C(=O)O. The minimum atomic E-state index is -1.26. The second kappa shape index (κ2) is 15.9. The van der Waals surface area contributed by atoms with Crippen LogP contribution in [-0.4, -0.2) is 75.8 Å². The van der Waals surface area contributed by atoms with Gasteiger partial charge in [-0.15, -0.1) is 0 Å². The van der Waals surface area contributed by atoms with Crippen molar-refractivity contribution in [2.75, 3.05) is 17.8 Å². The molecule has 2 rings (SSSR count). The molecule has 12 heteroatoms. The zero-order valence-electron chi connectivity index (χ0n) is 21.0. The molecule has 0 aromatic heterocycles. The van der Waals surface area contributed by atoms with E-state index < -0.39 is 47.9 Å². The van der Waals surface area contributed by atoms with Gasteiger partial charge >= 0.3 is 5.97 Å². The molecule has 7 N–H and O–H groups in total. The number of hydrogen-bond donors (Lipinski definition) is 7. The lowest BCUT2D eigenvalue weighted by molar-refractivity contribution is -0.141. The maximum absolute atomic E-state index is 13.3. The molecule has 10 nitrogen and oxygen atoms in total. The van der Waals surface area contributed by atoms with Crippen LogP contribution in [0, 0.1) is 0 Å². The van der Waals surface area contributed by atoms with Gasteiger partial charge in [-0.1, -0.05) is 42.5 Å². The van der Waals surface area contributed by atoms with Crippen LogP contribution >= 0.6 is 24.4 Å². The molecule has 4 unspecified atom stereocenters. The fourth-order valence-electron chi connectivity index (χ4n) is 3.55. The van der Waals surface area contributed by atoms with Gasteiger partial charge in [-0.25, -0.2) is 4.79 Å². The van der Waals surface area contributed by atoms with Gasteiger partial charge < -0.3 is 31.9 Å². The van der Waals surface area contributed by atoms with Crippen molar-refractivity contribution in [1.82, 2.24) is 16.0 Å². The van der Waals surface area contributed by atoms with E-state index in [1.165, 1.54) is 23.9 Å². The van der Waals surface area contributed by atoms with Crippen LogP contribution in [0.5, 0.6) is 5.75 Å². The first-order chi connectivity index (χ1) is 18.1. The third-order valence-corrected chi connectivity index (χ3v) is 6.69. The van der Waals surface area contributed by atoms with Crippen molar-refractivity contribution in [1.29, 1.82) is 0 Å². The van der Waals surface area contributed by atoms with Crippen LogP contribution in [0.25, 0.3) is 0 Å². The molecule has 3 amide bonds. The molecule has 0 saturated heterocycles. The number of amides is 3. The number of thiol groups is 1. The van der Waals surface area contributed by atoms with Crippen molar-refractivity contribution in [2.24, 2.45) is 5.73 Å². The van der Waals surface area contributed by atoms with E-state index in [2.05, 4.69) is 28.6 Å². The van der Waals surface area contributed by atoms with Crippen LogP contribution in [0.15, 0.2) is 54.6 Å². The molecular formula is C26H34N4O6S2. The van der Waals surface area contributed by atoms with Crippen molar-refractivity contribution in [3.63, 3.8) is 0 Å². The van der Waals surface area contributed by atoms with Gasteiger partial charge in [-0.3, -0.25) is 14.4 Å². The largest absolute Gasteiger partial charge is 0.508 e. The Bertz CT molecular complexity index is 1070. The minimum Gasteiger partial charge on any atom is -0.508 e. The van der Waals surface area contributed by atoms with E-state index in [4.69, 9.17) is 5.73 Å². The number of benzene rings is 2. The lowest BCUT2D eigenvalue weighted by Crippen LogP contribution is -2.58. The number of aliphatic carboxylic acids is 1. The molecule has 0 aliphatic carbocycles. The Morgan fingerprint density at radius 2 is 1.39 bits per heavy atom. The van der Waals surface area contributed by atoms with E-state index in [0.717, 1.165) is 5.56 Å². The highest BCUT2D eigenvalue weighted by Gasteiger charge is 2.30.